The molecular weight excluding hydrogens is 330 g/mol. The lowest BCUT2D eigenvalue weighted by Crippen LogP contribution is -2.50. The van der Waals surface area contributed by atoms with Gasteiger partial charge < -0.3 is 15.1 Å². The maximum absolute atomic E-state index is 12.5. The Morgan fingerprint density at radius 3 is 2.38 bits per heavy atom. The highest BCUT2D eigenvalue weighted by atomic mass is 16.2. The average molecular weight is 357 g/mol. The highest BCUT2D eigenvalue weighted by molar-refractivity contribution is 5.93. The van der Waals surface area contributed by atoms with Gasteiger partial charge in [0.2, 0.25) is 11.9 Å². The normalized spacial score (nSPS) is 17.7. The van der Waals surface area contributed by atoms with E-state index in [0.29, 0.717) is 37.7 Å². The zero-order valence-corrected chi connectivity index (χ0v) is 15.4. The maximum atomic E-state index is 12.5. The summed E-state index contributed by atoms with van der Waals surface area (Å²) in [5, 5.41) is 3.22. The van der Waals surface area contributed by atoms with Gasteiger partial charge in [0, 0.05) is 52.0 Å². The fourth-order valence-corrected chi connectivity index (χ4v) is 3.40. The van der Waals surface area contributed by atoms with Crippen molar-refractivity contribution in [3.8, 4) is 0 Å². The molecule has 7 nitrogen and oxygen atoms in total. The van der Waals surface area contributed by atoms with E-state index in [1.165, 1.54) is 31.3 Å². The molecule has 1 N–H and O–H groups in total. The second kappa shape index (κ2) is 8.78. The van der Waals surface area contributed by atoms with Gasteiger partial charge in [-0.2, -0.15) is 0 Å². The summed E-state index contributed by atoms with van der Waals surface area (Å²) in [7, 11) is 0. The first-order valence-electron chi connectivity index (χ1n) is 9.42. The van der Waals surface area contributed by atoms with Gasteiger partial charge in [-0.1, -0.05) is 11.6 Å². The van der Waals surface area contributed by atoms with Crippen LogP contribution >= 0.6 is 0 Å². The summed E-state index contributed by atoms with van der Waals surface area (Å²) in [6, 6.07) is 0. The number of rotatable bonds is 5. The minimum atomic E-state index is -0.0767. The van der Waals surface area contributed by atoms with Gasteiger partial charge in [0.05, 0.1) is 5.56 Å². The summed E-state index contributed by atoms with van der Waals surface area (Å²) in [5.74, 6) is 0.534. The first-order valence-corrected chi connectivity index (χ1v) is 9.42. The van der Waals surface area contributed by atoms with Gasteiger partial charge in [-0.25, -0.2) is 9.97 Å². The van der Waals surface area contributed by atoms with Crippen LogP contribution in [0.2, 0.25) is 0 Å². The third-order valence-electron chi connectivity index (χ3n) is 5.03. The molecule has 1 fully saturated rings. The minimum absolute atomic E-state index is 0.0554. The fraction of sp³-hybridized carbons (Fsp3) is 0.579. The van der Waals surface area contributed by atoms with E-state index in [1.54, 1.807) is 29.1 Å². The van der Waals surface area contributed by atoms with Crippen LogP contribution in [0.25, 0.3) is 0 Å². The Bertz CT molecular complexity index is 663. The predicted octanol–water partition coefficient (Wildman–Crippen LogP) is 2.08. The Balaban J connectivity index is 1.47. The molecule has 0 aromatic carbocycles. The lowest BCUT2D eigenvalue weighted by molar-refractivity contribution is -0.130. The quantitative estimate of drug-likeness (QED) is 0.817. The van der Waals surface area contributed by atoms with E-state index in [-0.39, 0.29) is 11.8 Å². The molecule has 0 bridgehead atoms. The average Bonchev–Trinajstić information content (AvgIpc) is 2.69. The number of nitrogens with one attached hydrogen (secondary N) is 1. The lowest BCUT2D eigenvalue weighted by Gasteiger charge is -2.34. The number of nitrogens with zero attached hydrogens (tertiary/aromatic N) is 4. The first kappa shape index (κ1) is 18.4. The summed E-state index contributed by atoms with van der Waals surface area (Å²) >= 11 is 0. The van der Waals surface area contributed by atoms with E-state index in [4.69, 9.17) is 0 Å². The Kier molecular flexibility index (Phi) is 6.20. The van der Waals surface area contributed by atoms with Crippen LogP contribution in [-0.2, 0) is 4.79 Å². The van der Waals surface area contributed by atoms with Crippen molar-refractivity contribution < 1.29 is 9.59 Å². The number of amides is 2. The zero-order valence-electron chi connectivity index (χ0n) is 15.4. The zero-order chi connectivity index (χ0) is 18.4. The summed E-state index contributed by atoms with van der Waals surface area (Å²) in [4.78, 5) is 35.9. The summed E-state index contributed by atoms with van der Waals surface area (Å²) in [6.07, 6.45) is 11.5. The SMILES string of the molecule is CC(=O)N1CCN(C(=O)c2cnc(NCCC3=CCCCC3)nc2)CC1. The van der Waals surface area contributed by atoms with Crippen LogP contribution in [0.15, 0.2) is 24.0 Å². The van der Waals surface area contributed by atoms with E-state index in [9.17, 15) is 9.59 Å². The number of piperazine rings is 1. The Labute approximate surface area is 154 Å². The molecule has 1 aromatic rings. The molecule has 1 aliphatic carbocycles. The van der Waals surface area contributed by atoms with Crippen molar-refractivity contribution in [1.29, 1.82) is 0 Å². The molecule has 2 heterocycles. The number of hydrogen-bond acceptors (Lipinski definition) is 5. The number of allylic oxidation sites excluding steroid dienone is 1. The van der Waals surface area contributed by atoms with Crippen molar-refractivity contribution >= 4 is 17.8 Å². The molecule has 2 aliphatic rings. The molecule has 0 atom stereocenters. The summed E-state index contributed by atoms with van der Waals surface area (Å²) in [5.41, 5.74) is 2.00. The molecule has 0 spiro atoms. The van der Waals surface area contributed by atoms with Crippen molar-refractivity contribution in [3.63, 3.8) is 0 Å². The summed E-state index contributed by atoms with van der Waals surface area (Å²) < 4.78 is 0. The maximum Gasteiger partial charge on any atom is 0.257 e. The van der Waals surface area contributed by atoms with E-state index in [1.807, 2.05) is 0 Å². The molecule has 1 saturated heterocycles. The molecule has 2 amide bonds. The smallest absolute Gasteiger partial charge is 0.257 e. The molecule has 1 aromatic heterocycles. The van der Waals surface area contributed by atoms with Crippen LogP contribution in [0.3, 0.4) is 0 Å². The Morgan fingerprint density at radius 1 is 1.08 bits per heavy atom. The van der Waals surface area contributed by atoms with E-state index >= 15 is 0 Å². The van der Waals surface area contributed by atoms with Crippen LogP contribution in [0, 0.1) is 0 Å². The number of carbonyl (C=O) groups is 2. The van der Waals surface area contributed by atoms with Crippen molar-refractivity contribution in [2.75, 3.05) is 38.0 Å². The summed E-state index contributed by atoms with van der Waals surface area (Å²) in [6.45, 7) is 4.63. The highest BCUT2D eigenvalue weighted by Gasteiger charge is 2.23. The van der Waals surface area contributed by atoms with Crippen LogP contribution in [0.4, 0.5) is 5.95 Å². The number of hydrogen-bond donors (Lipinski definition) is 1. The van der Waals surface area contributed by atoms with Crippen molar-refractivity contribution in [2.24, 2.45) is 0 Å². The van der Waals surface area contributed by atoms with Crippen LogP contribution < -0.4 is 5.32 Å². The monoisotopic (exact) mass is 357 g/mol. The fourth-order valence-electron chi connectivity index (χ4n) is 3.40. The van der Waals surface area contributed by atoms with Gasteiger partial charge >= 0.3 is 0 Å². The second-order valence-electron chi connectivity index (χ2n) is 6.88. The lowest BCUT2D eigenvalue weighted by atomic mass is 9.97. The van der Waals surface area contributed by atoms with Crippen LogP contribution in [0.1, 0.15) is 49.4 Å². The van der Waals surface area contributed by atoms with Crippen molar-refractivity contribution in [3.05, 3.63) is 29.6 Å². The Morgan fingerprint density at radius 2 is 1.77 bits per heavy atom. The molecule has 1 aliphatic heterocycles. The molecular formula is C19H27N5O2. The van der Waals surface area contributed by atoms with Gasteiger partial charge in [0.1, 0.15) is 0 Å². The molecule has 26 heavy (non-hydrogen) atoms. The standard InChI is InChI=1S/C19H27N5O2/c1-15(25)23-9-11-24(12-10-23)18(26)17-13-21-19(22-14-17)20-8-7-16-5-3-2-4-6-16/h5,13-14H,2-4,6-12H2,1H3,(H,20,21,22). The number of aromatic nitrogens is 2. The molecule has 7 heteroatoms. The van der Waals surface area contributed by atoms with Crippen molar-refractivity contribution in [1.82, 2.24) is 19.8 Å². The molecule has 140 valence electrons. The van der Waals surface area contributed by atoms with E-state index in [0.717, 1.165) is 13.0 Å². The van der Waals surface area contributed by atoms with E-state index < -0.39 is 0 Å². The number of anilines is 1. The van der Waals surface area contributed by atoms with Gasteiger partial charge in [-0.05, 0) is 32.1 Å². The van der Waals surface area contributed by atoms with E-state index in [2.05, 4.69) is 21.4 Å². The minimum Gasteiger partial charge on any atom is -0.354 e. The largest absolute Gasteiger partial charge is 0.354 e. The highest BCUT2D eigenvalue weighted by Crippen LogP contribution is 2.19. The number of carbonyl (C=O) groups excluding carboxylic acids is 2. The van der Waals surface area contributed by atoms with Gasteiger partial charge in [-0.15, -0.1) is 0 Å². The molecule has 0 radical (unpaired) electrons. The van der Waals surface area contributed by atoms with Gasteiger partial charge in [0.15, 0.2) is 0 Å². The molecule has 3 rings (SSSR count). The predicted molar refractivity (Wildman–Crippen MR) is 99.8 cm³/mol. The second-order valence-corrected chi connectivity index (χ2v) is 6.88. The third kappa shape index (κ3) is 4.80. The van der Waals surface area contributed by atoms with Gasteiger partial charge in [0.25, 0.3) is 5.91 Å². The first-order chi connectivity index (χ1) is 12.6. The third-order valence-corrected chi connectivity index (χ3v) is 5.03. The topological polar surface area (TPSA) is 78.4 Å². The van der Waals surface area contributed by atoms with Crippen molar-refractivity contribution in [2.45, 2.75) is 39.0 Å². The molecule has 0 unspecified atom stereocenters. The Hall–Kier alpha value is -2.44. The van der Waals surface area contributed by atoms with Crippen LogP contribution in [-0.4, -0.2) is 64.3 Å². The molecule has 0 saturated carbocycles. The van der Waals surface area contributed by atoms with Crippen LogP contribution in [0.5, 0.6) is 0 Å². The van der Waals surface area contributed by atoms with Gasteiger partial charge in [-0.3, -0.25) is 9.59 Å².